The van der Waals surface area contributed by atoms with Gasteiger partial charge in [0, 0.05) is 5.56 Å². The fraction of sp³-hybridized carbons (Fsp3) is 0.136. The summed E-state index contributed by atoms with van der Waals surface area (Å²) in [6.45, 7) is 0.278. The van der Waals surface area contributed by atoms with Crippen LogP contribution in [-0.4, -0.2) is 13.0 Å². The summed E-state index contributed by atoms with van der Waals surface area (Å²) in [4.78, 5) is 12.3. The molecule has 0 fully saturated rings. The monoisotopic (exact) mass is 379 g/mol. The van der Waals surface area contributed by atoms with Crippen LogP contribution in [0.5, 0.6) is 17.2 Å². The predicted octanol–water partition coefficient (Wildman–Crippen LogP) is 4.23. The maximum Gasteiger partial charge on any atom is 0.258 e. The molecule has 0 aromatic heterocycles. The Labute approximate surface area is 161 Å². The second-order valence-electron chi connectivity index (χ2n) is 6.29. The van der Waals surface area contributed by atoms with Crippen LogP contribution in [0.2, 0.25) is 0 Å². The van der Waals surface area contributed by atoms with E-state index in [1.807, 2.05) is 6.07 Å². The van der Waals surface area contributed by atoms with Crippen molar-refractivity contribution < 1.29 is 23.4 Å². The molecule has 5 nitrogen and oxygen atoms in total. The quantitative estimate of drug-likeness (QED) is 0.721. The van der Waals surface area contributed by atoms with E-state index in [1.165, 1.54) is 12.1 Å². The van der Waals surface area contributed by atoms with Crippen molar-refractivity contribution >= 4 is 5.91 Å². The molecule has 1 aliphatic rings. The number of halogens is 1. The maximum absolute atomic E-state index is 13.0. The van der Waals surface area contributed by atoms with Crippen molar-refractivity contribution in [2.45, 2.75) is 12.8 Å². The van der Waals surface area contributed by atoms with Gasteiger partial charge >= 0.3 is 0 Å². The van der Waals surface area contributed by atoms with Gasteiger partial charge in [0.05, 0.1) is 12.7 Å². The highest BCUT2D eigenvalue weighted by Crippen LogP contribution is 2.34. The van der Waals surface area contributed by atoms with Gasteiger partial charge in [0.25, 0.3) is 5.91 Å². The molecule has 0 saturated heterocycles. The number of para-hydroxylation sites is 1. The highest BCUT2D eigenvalue weighted by atomic mass is 19.1. The van der Waals surface area contributed by atoms with Gasteiger partial charge in [-0.3, -0.25) is 4.79 Å². The fourth-order valence-electron chi connectivity index (χ4n) is 2.97. The molecule has 1 amide bonds. The van der Waals surface area contributed by atoms with E-state index in [2.05, 4.69) is 5.32 Å². The summed E-state index contributed by atoms with van der Waals surface area (Å²) < 4.78 is 30.1. The van der Waals surface area contributed by atoms with Crippen molar-refractivity contribution in [1.29, 1.82) is 0 Å². The molecule has 0 unspecified atom stereocenters. The summed E-state index contributed by atoms with van der Waals surface area (Å²) in [6, 6.07) is 18.5. The molecule has 0 saturated carbocycles. The first-order valence-electron chi connectivity index (χ1n) is 8.76. The number of rotatable bonds is 5. The molecule has 0 spiro atoms. The van der Waals surface area contributed by atoms with Crippen LogP contribution in [0.15, 0.2) is 66.7 Å². The van der Waals surface area contributed by atoms with E-state index < -0.39 is 6.23 Å². The van der Waals surface area contributed by atoms with Crippen molar-refractivity contribution in [3.05, 3.63) is 89.2 Å². The van der Waals surface area contributed by atoms with E-state index in [-0.39, 0.29) is 18.3 Å². The zero-order chi connectivity index (χ0) is 19.5. The van der Waals surface area contributed by atoms with Crippen LogP contribution >= 0.6 is 0 Å². The van der Waals surface area contributed by atoms with Gasteiger partial charge in [-0.15, -0.1) is 0 Å². The minimum atomic E-state index is -0.623. The Morgan fingerprint density at radius 2 is 1.82 bits per heavy atom. The van der Waals surface area contributed by atoms with Crippen LogP contribution in [-0.2, 0) is 6.61 Å². The van der Waals surface area contributed by atoms with Gasteiger partial charge in [-0.2, -0.15) is 0 Å². The summed E-state index contributed by atoms with van der Waals surface area (Å²) in [5.41, 5.74) is 2.07. The average molecular weight is 379 g/mol. The Kier molecular flexibility index (Phi) is 4.85. The minimum Gasteiger partial charge on any atom is -0.493 e. The van der Waals surface area contributed by atoms with Gasteiger partial charge in [0.2, 0.25) is 0 Å². The summed E-state index contributed by atoms with van der Waals surface area (Å²) in [7, 11) is 1.54. The zero-order valence-corrected chi connectivity index (χ0v) is 15.1. The largest absolute Gasteiger partial charge is 0.493 e. The third kappa shape index (κ3) is 3.62. The van der Waals surface area contributed by atoms with Gasteiger partial charge in [0.15, 0.2) is 17.7 Å². The summed E-state index contributed by atoms with van der Waals surface area (Å²) >= 11 is 0. The third-order valence-corrected chi connectivity index (χ3v) is 4.44. The Hall–Kier alpha value is -3.54. The Balaban J connectivity index is 1.52. The summed E-state index contributed by atoms with van der Waals surface area (Å²) in [5, 5.41) is 2.83. The molecular formula is C22H18FNO4. The van der Waals surface area contributed by atoms with Gasteiger partial charge in [-0.05, 0) is 48.0 Å². The molecule has 1 aliphatic heterocycles. The summed E-state index contributed by atoms with van der Waals surface area (Å²) in [6.07, 6.45) is -0.623. The molecule has 3 aromatic rings. The number of carbonyl (C=O) groups excluding carboxylic acids is 1. The van der Waals surface area contributed by atoms with Gasteiger partial charge in [-0.25, -0.2) is 4.39 Å². The van der Waals surface area contributed by atoms with Crippen molar-refractivity contribution in [1.82, 2.24) is 5.32 Å². The predicted molar refractivity (Wildman–Crippen MR) is 101 cm³/mol. The summed E-state index contributed by atoms with van der Waals surface area (Å²) in [5.74, 6) is 1.10. The lowest BCUT2D eigenvalue weighted by atomic mass is 10.1. The SMILES string of the molecule is COc1cc([C@H]2NC(=O)c3ccccc3O2)ccc1OCc1ccc(F)cc1. The average Bonchev–Trinajstić information content (AvgIpc) is 2.73. The lowest BCUT2D eigenvalue weighted by Crippen LogP contribution is -2.36. The van der Waals surface area contributed by atoms with Crippen molar-refractivity contribution in [2.24, 2.45) is 0 Å². The number of fused-ring (bicyclic) bond motifs is 1. The normalized spacial score (nSPS) is 15.2. The molecule has 1 heterocycles. The van der Waals surface area contributed by atoms with Crippen LogP contribution in [0.25, 0.3) is 0 Å². The molecule has 0 radical (unpaired) electrons. The molecule has 1 atom stereocenters. The van der Waals surface area contributed by atoms with E-state index in [0.717, 1.165) is 11.1 Å². The second-order valence-corrected chi connectivity index (χ2v) is 6.29. The lowest BCUT2D eigenvalue weighted by molar-refractivity contribution is 0.0755. The van der Waals surface area contributed by atoms with E-state index >= 15 is 0 Å². The van der Waals surface area contributed by atoms with Crippen LogP contribution in [0.4, 0.5) is 4.39 Å². The van der Waals surface area contributed by atoms with Crippen molar-refractivity contribution in [2.75, 3.05) is 7.11 Å². The Morgan fingerprint density at radius 3 is 2.61 bits per heavy atom. The fourth-order valence-corrected chi connectivity index (χ4v) is 2.97. The van der Waals surface area contributed by atoms with Crippen LogP contribution in [0.1, 0.15) is 27.7 Å². The second kappa shape index (κ2) is 7.60. The first-order valence-corrected chi connectivity index (χ1v) is 8.76. The number of hydrogen-bond acceptors (Lipinski definition) is 4. The van der Waals surface area contributed by atoms with Gasteiger partial charge in [0.1, 0.15) is 18.2 Å². The molecule has 3 aromatic carbocycles. The van der Waals surface area contributed by atoms with Crippen LogP contribution in [0.3, 0.4) is 0 Å². The molecule has 1 N–H and O–H groups in total. The first kappa shape index (κ1) is 17.9. The highest BCUT2D eigenvalue weighted by Gasteiger charge is 2.26. The van der Waals surface area contributed by atoms with E-state index in [1.54, 1.807) is 55.6 Å². The number of methoxy groups -OCH3 is 1. The molecule has 0 bridgehead atoms. The van der Waals surface area contributed by atoms with Crippen LogP contribution in [0, 0.1) is 5.82 Å². The smallest absolute Gasteiger partial charge is 0.258 e. The van der Waals surface area contributed by atoms with Crippen LogP contribution < -0.4 is 19.5 Å². The topological polar surface area (TPSA) is 56.8 Å². The number of hydrogen-bond donors (Lipinski definition) is 1. The number of amides is 1. The molecular weight excluding hydrogens is 361 g/mol. The number of benzene rings is 3. The van der Waals surface area contributed by atoms with Gasteiger partial charge < -0.3 is 19.5 Å². The highest BCUT2D eigenvalue weighted by molar-refractivity contribution is 5.98. The molecule has 0 aliphatic carbocycles. The van der Waals surface area contributed by atoms with E-state index in [9.17, 15) is 9.18 Å². The molecule has 142 valence electrons. The lowest BCUT2D eigenvalue weighted by Gasteiger charge is -2.27. The molecule has 28 heavy (non-hydrogen) atoms. The van der Waals surface area contributed by atoms with Crippen molar-refractivity contribution in [3.8, 4) is 17.2 Å². The van der Waals surface area contributed by atoms with E-state index in [4.69, 9.17) is 14.2 Å². The maximum atomic E-state index is 13.0. The minimum absolute atomic E-state index is 0.192. The molecule has 6 heteroatoms. The Bertz CT molecular complexity index is 1000. The number of carbonyl (C=O) groups is 1. The Morgan fingerprint density at radius 1 is 1.04 bits per heavy atom. The first-order chi connectivity index (χ1) is 13.6. The van der Waals surface area contributed by atoms with Gasteiger partial charge in [-0.1, -0.05) is 24.3 Å². The third-order valence-electron chi connectivity index (χ3n) is 4.44. The van der Waals surface area contributed by atoms with E-state index in [0.29, 0.717) is 22.8 Å². The standard InChI is InChI=1S/C22H18FNO4/c1-26-20-12-15(22-24-21(25)17-4-2-3-5-18(17)28-22)8-11-19(20)27-13-14-6-9-16(23)10-7-14/h2-12,22H,13H2,1H3,(H,24,25)/t22-/m0/s1. The number of ether oxygens (including phenoxy) is 3. The number of nitrogens with one attached hydrogen (secondary N) is 1. The van der Waals surface area contributed by atoms with Crippen molar-refractivity contribution in [3.63, 3.8) is 0 Å². The zero-order valence-electron chi connectivity index (χ0n) is 15.1. The molecule has 4 rings (SSSR count).